The second-order valence-electron chi connectivity index (χ2n) is 4.51. The molecule has 3 aromatic rings. The third-order valence-corrected chi connectivity index (χ3v) is 3.53. The van der Waals surface area contributed by atoms with E-state index in [1.165, 1.54) is 0 Å². The van der Waals surface area contributed by atoms with Gasteiger partial charge < -0.3 is 10.3 Å². The molecule has 2 N–H and O–H groups in total. The van der Waals surface area contributed by atoms with Gasteiger partial charge in [-0.1, -0.05) is 29.7 Å². The summed E-state index contributed by atoms with van der Waals surface area (Å²) in [6.45, 7) is 2.05. The van der Waals surface area contributed by atoms with Crippen molar-refractivity contribution in [2.24, 2.45) is 0 Å². The molecule has 0 aliphatic heterocycles. The molecule has 0 saturated heterocycles. The van der Waals surface area contributed by atoms with Gasteiger partial charge in [0.05, 0.1) is 10.6 Å². The number of nitrogens with zero attached hydrogens (tertiary/aromatic N) is 3. The van der Waals surface area contributed by atoms with Crippen molar-refractivity contribution in [1.29, 1.82) is 0 Å². The minimum atomic E-state index is 0.312. The van der Waals surface area contributed by atoms with Crippen LogP contribution in [-0.4, -0.2) is 15.1 Å². The molecule has 0 radical (unpaired) electrons. The van der Waals surface area contributed by atoms with Gasteiger partial charge in [-0.05, 0) is 30.2 Å². The monoisotopic (exact) mass is 300 g/mol. The van der Waals surface area contributed by atoms with E-state index in [1.807, 2.05) is 13.0 Å². The Morgan fingerprint density at radius 1 is 1.29 bits per heavy atom. The van der Waals surface area contributed by atoms with Crippen molar-refractivity contribution in [3.63, 3.8) is 0 Å². The molecule has 21 heavy (non-hydrogen) atoms. The summed E-state index contributed by atoms with van der Waals surface area (Å²) in [6.07, 6.45) is 4.34. The number of benzene rings is 1. The number of nitrogens with two attached hydrogens (primary N) is 1. The van der Waals surface area contributed by atoms with Crippen LogP contribution in [0.15, 0.2) is 41.2 Å². The Labute approximate surface area is 126 Å². The zero-order chi connectivity index (χ0) is 14.8. The van der Waals surface area contributed by atoms with Crippen LogP contribution in [0.3, 0.4) is 0 Å². The van der Waals surface area contributed by atoms with Gasteiger partial charge in [0.1, 0.15) is 0 Å². The van der Waals surface area contributed by atoms with Crippen molar-refractivity contribution in [3.8, 4) is 22.8 Å². The van der Waals surface area contributed by atoms with Crippen molar-refractivity contribution in [2.75, 3.05) is 5.73 Å². The summed E-state index contributed by atoms with van der Waals surface area (Å²) in [4.78, 5) is 8.52. The average Bonchev–Trinajstić information content (AvgIpc) is 2.96. The summed E-state index contributed by atoms with van der Waals surface area (Å²) < 4.78 is 5.32. The smallest absolute Gasteiger partial charge is 0.261 e. The molecule has 0 aliphatic carbocycles. The number of aryl methyl sites for hydroxylation is 1. The van der Waals surface area contributed by atoms with E-state index in [-0.39, 0.29) is 0 Å². The fourth-order valence-electron chi connectivity index (χ4n) is 2.13. The summed E-state index contributed by atoms with van der Waals surface area (Å²) in [5.74, 6) is 0.815. The molecule has 0 spiro atoms. The molecule has 6 heteroatoms. The lowest BCUT2D eigenvalue weighted by molar-refractivity contribution is 0.432. The van der Waals surface area contributed by atoms with Crippen molar-refractivity contribution >= 4 is 17.3 Å². The third-order valence-electron chi connectivity index (χ3n) is 3.21. The van der Waals surface area contributed by atoms with Crippen LogP contribution in [-0.2, 0) is 6.42 Å². The van der Waals surface area contributed by atoms with Crippen LogP contribution in [0.4, 0.5) is 5.69 Å². The van der Waals surface area contributed by atoms with E-state index in [9.17, 15) is 0 Å². The predicted molar refractivity (Wildman–Crippen MR) is 81.8 cm³/mol. The number of rotatable bonds is 3. The third kappa shape index (κ3) is 2.48. The lowest BCUT2D eigenvalue weighted by Crippen LogP contribution is -1.92. The van der Waals surface area contributed by atoms with Gasteiger partial charge in [0.25, 0.3) is 5.89 Å². The van der Waals surface area contributed by atoms with E-state index < -0.39 is 0 Å². The Bertz CT molecular complexity index is 765. The first-order chi connectivity index (χ1) is 10.2. The van der Waals surface area contributed by atoms with E-state index in [0.717, 1.165) is 17.5 Å². The number of pyridine rings is 1. The maximum Gasteiger partial charge on any atom is 0.261 e. The van der Waals surface area contributed by atoms with Crippen LogP contribution >= 0.6 is 11.6 Å². The quantitative estimate of drug-likeness (QED) is 0.748. The summed E-state index contributed by atoms with van der Waals surface area (Å²) in [5.41, 5.74) is 8.95. The molecule has 0 unspecified atom stereocenters. The van der Waals surface area contributed by atoms with Crippen molar-refractivity contribution in [1.82, 2.24) is 15.1 Å². The molecule has 0 aliphatic rings. The molecule has 106 valence electrons. The Balaban J connectivity index is 2.09. The van der Waals surface area contributed by atoms with Crippen LogP contribution in [0.25, 0.3) is 22.8 Å². The van der Waals surface area contributed by atoms with E-state index in [0.29, 0.717) is 28.0 Å². The number of nitrogen functional groups attached to an aromatic ring is 1. The summed E-state index contributed by atoms with van der Waals surface area (Å²) in [6, 6.07) is 7.12. The predicted octanol–water partition coefficient (Wildman–Crippen LogP) is 3.60. The molecule has 0 fully saturated rings. The number of halogens is 1. The molecule has 2 heterocycles. The lowest BCUT2D eigenvalue weighted by atomic mass is 10.1. The molecule has 0 atom stereocenters. The lowest BCUT2D eigenvalue weighted by Gasteiger charge is -2.02. The minimum absolute atomic E-state index is 0.312. The number of hydrogen-bond acceptors (Lipinski definition) is 5. The highest BCUT2D eigenvalue weighted by atomic mass is 35.5. The van der Waals surface area contributed by atoms with Gasteiger partial charge in [-0.25, -0.2) is 0 Å². The van der Waals surface area contributed by atoms with Gasteiger partial charge in [-0.15, -0.1) is 0 Å². The molecule has 0 saturated carbocycles. The topological polar surface area (TPSA) is 77.8 Å². The SMILES string of the molecule is CCc1cnccc1-c1noc(-c2c(N)cccc2Cl)n1. The molecule has 1 aromatic carbocycles. The zero-order valence-corrected chi connectivity index (χ0v) is 12.1. The highest BCUT2D eigenvalue weighted by Crippen LogP contribution is 2.33. The first-order valence-electron chi connectivity index (χ1n) is 6.52. The van der Waals surface area contributed by atoms with Gasteiger partial charge in [0.15, 0.2) is 0 Å². The molecule has 5 nitrogen and oxygen atoms in total. The van der Waals surface area contributed by atoms with E-state index in [4.69, 9.17) is 21.9 Å². The molecule has 2 aromatic heterocycles. The van der Waals surface area contributed by atoms with Crippen molar-refractivity contribution in [2.45, 2.75) is 13.3 Å². The van der Waals surface area contributed by atoms with Crippen LogP contribution in [0, 0.1) is 0 Å². The maximum atomic E-state index is 6.16. The second kappa shape index (κ2) is 5.54. The summed E-state index contributed by atoms with van der Waals surface area (Å²) >= 11 is 6.16. The Morgan fingerprint density at radius 3 is 2.90 bits per heavy atom. The van der Waals surface area contributed by atoms with Gasteiger partial charge >= 0.3 is 0 Å². The van der Waals surface area contributed by atoms with E-state index in [2.05, 4.69) is 15.1 Å². The minimum Gasteiger partial charge on any atom is -0.398 e. The van der Waals surface area contributed by atoms with E-state index in [1.54, 1.807) is 30.6 Å². The highest BCUT2D eigenvalue weighted by molar-refractivity contribution is 6.33. The Hall–Kier alpha value is -2.40. The van der Waals surface area contributed by atoms with Crippen molar-refractivity contribution in [3.05, 3.63) is 47.2 Å². The van der Waals surface area contributed by atoms with Crippen LogP contribution in [0.1, 0.15) is 12.5 Å². The molecule has 0 bridgehead atoms. The van der Waals surface area contributed by atoms with Crippen LogP contribution in [0.2, 0.25) is 5.02 Å². The van der Waals surface area contributed by atoms with Gasteiger partial charge in [-0.2, -0.15) is 4.98 Å². The van der Waals surface area contributed by atoms with Gasteiger partial charge in [0, 0.05) is 23.6 Å². The largest absolute Gasteiger partial charge is 0.398 e. The fraction of sp³-hybridized carbons (Fsp3) is 0.133. The van der Waals surface area contributed by atoms with Gasteiger partial charge in [0.2, 0.25) is 5.82 Å². The highest BCUT2D eigenvalue weighted by Gasteiger charge is 2.17. The Morgan fingerprint density at radius 2 is 2.14 bits per heavy atom. The zero-order valence-electron chi connectivity index (χ0n) is 11.4. The number of aromatic nitrogens is 3. The maximum absolute atomic E-state index is 6.16. The first-order valence-corrected chi connectivity index (χ1v) is 6.89. The molecule has 3 rings (SSSR count). The molecular formula is C15H13ClN4O. The second-order valence-corrected chi connectivity index (χ2v) is 4.92. The fourth-order valence-corrected chi connectivity index (χ4v) is 2.39. The average molecular weight is 301 g/mol. The molecule has 0 amide bonds. The number of anilines is 1. The summed E-state index contributed by atoms with van der Waals surface area (Å²) in [7, 11) is 0. The van der Waals surface area contributed by atoms with E-state index >= 15 is 0 Å². The van der Waals surface area contributed by atoms with Crippen LogP contribution < -0.4 is 5.73 Å². The summed E-state index contributed by atoms with van der Waals surface area (Å²) in [5, 5.41) is 4.51. The standard InChI is InChI=1S/C15H13ClN4O/c1-2-9-8-18-7-6-10(9)14-19-15(21-20-14)13-11(16)4-3-5-12(13)17/h3-8H,2,17H2,1H3. The molecular weight excluding hydrogens is 288 g/mol. The van der Waals surface area contributed by atoms with Crippen molar-refractivity contribution < 1.29 is 4.52 Å². The first kappa shape index (κ1) is 13.6. The normalized spacial score (nSPS) is 10.8. The Kier molecular flexibility index (Phi) is 3.58. The number of hydrogen-bond donors (Lipinski definition) is 1. The van der Waals surface area contributed by atoms with Crippen LogP contribution in [0.5, 0.6) is 0 Å². The van der Waals surface area contributed by atoms with Gasteiger partial charge in [-0.3, -0.25) is 4.98 Å².